The Morgan fingerprint density at radius 1 is 1.11 bits per heavy atom. The molecule has 0 radical (unpaired) electrons. The van der Waals surface area contributed by atoms with E-state index in [2.05, 4.69) is 16.8 Å². The zero-order valence-corrected chi connectivity index (χ0v) is 16.7. The number of halogens is 1. The number of piperazine rings is 1. The standard InChI is InChI=1S/C22H23ClN4O/c1-2-10-26-11-13-27(14-12-26)22(28)18-15-20(16-6-8-24-9-7-16)25-21-17(18)4-3-5-19(21)23/h3-9,15H,2,10-14H2,1H3. The molecule has 5 nitrogen and oxygen atoms in total. The second-order valence-corrected chi connectivity index (χ2v) is 7.47. The van der Waals surface area contributed by atoms with Crippen LogP contribution in [0, 0.1) is 0 Å². The summed E-state index contributed by atoms with van der Waals surface area (Å²) in [5.74, 6) is 0.0427. The number of pyridine rings is 2. The summed E-state index contributed by atoms with van der Waals surface area (Å²) in [4.78, 5) is 26.6. The highest BCUT2D eigenvalue weighted by Gasteiger charge is 2.24. The van der Waals surface area contributed by atoms with Gasteiger partial charge in [-0.15, -0.1) is 0 Å². The van der Waals surface area contributed by atoms with Gasteiger partial charge in [-0.3, -0.25) is 14.7 Å². The van der Waals surface area contributed by atoms with Crippen LogP contribution in [0.3, 0.4) is 0 Å². The number of hydrogen-bond acceptors (Lipinski definition) is 4. The number of para-hydroxylation sites is 1. The summed E-state index contributed by atoms with van der Waals surface area (Å²) in [7, 11) is 0. The van der Waals surface area contributed by atoms with E-state index in [1.54, 1.807) is 12.4 Å². The van der Waals surface area contributed by atoms with Crippen LogP contribution in [0.5, 0.6) is 0 Å². The van der Waals surface area contributed by atoms with Crippen molar-refractivity contribution in [3.63, 3.8) is 0 Å². The van der Waals surface area contributed by atoms with E-state index in [-0.39, 0.29) is 5.91 Å². The summed E-state index contributed by atoms with van der Waals surface area (Å²) in [5, 5.41) is 1.35. The molecule has 0 atom stereocenters. The van der Waals surface area contributed by atoms with Gasteiger partial charge in [0.15, 0.2) is 0 Å². The third kappa shape index (κ3) is 3.73. The van der Waals surface area contributed by atoms with Gasteiger partial charge in [0.25, 0.3) is 5.91 Å². The van der Waals surface area contributed by atoms with E-state index in [0.29, 0.717) is 16.1 Å². The van der Waals surface area contributed by atoms with Crippen molar-refractivity contribution in [2.75, 3.05) is 32.7 Å². The highest BCUT2D eigenvalue weighted by molar-refractivity contribution is 6.35. The second-order valence-electron chi connectivity index (χ2n) is 7.06. The predicted octanol–water partition coefficient (Wildman–Crippen LogP) is 4.12. The third-order valence-electron chi connectivity index (χ3n) is 5.20. The third-order valence-corrected chi connectivity index (χ3v) is 5.50. The van der Waals surface area contributed by atoms with Crippen LogP contribution in [-0.2, 0) is 0 Å². The first-order valence-corrected chi connectivity index (χ1v) is 10.1. The van der Waals surface area contributed by atoms with Gasteiger partial charge in [-0.05, 0) is 37.2 Å². The molecule has 1 aliphatic heterocycles. The maximum absolute atomic E-state index is 13.4. The van der Waals surface area contributed by atoms with Crippen molar-refractivity contribution in [3.05, 3.63) is 59.4 Å². The SMILES string of the molecule is CCCN1CCN(C(=O)c2cc(-c3ccncc3)nc3c(Cl)cccc23)CC1. The summed E-state index contributed by atoms with van der Waals surface area (Å²) in [6.07, 6.45) is 4.58. The summed E-state index contributed by atoms with van der Waals surface area (Å²) in [5.41, 5.74) is 2.96. The molecule has 3 aromatic rings. The quantitative estimate of drug-likeness (QED) is 0.668. The van der Waals surface area contributed by atoms with E-state index in [0.717, 1.165) is 55.8 Å². The van der Waals surface area contributed by atoms with Gasteiger partial charge in [-0.1, -0.05) is 30.7 Å². The molecule has 0 N–H and O–H groups in total. The van der Waals surface area contributed by atoms with Crippen molar-refractivity contribution in [1.29, 1.82) is 0 Å². The van der Waals surface area contributed by atoms with Crippen molar-refractivity contribution in [1.82, 2.24) is 19.8 Å². The predicted molar refractivity (Wildman–Crippen MR) is 113 cm³/mol. The summed E-state index contributed by atoms with van der Waals surface area (Å²) < 4.78 is 0. The number of benzene rings is 1. The molecule has 0 unspecified atom stereocenters. The lowest BCUT2D eigenvalue weighted by Crippen LogP contribution is -2.48. The number of hydrogen-bond donors (Lipinski definition) is 0. The highest BCUT2D eigenvalue weighted by Crippen LogP contribution is 2.30. The molecule has 0 aliphatic carbocycles. The Morgan fingerprint density at radius 2 is 1.86 bits per heavy atom. The first kappa shape index (κ1) is 18.8. The smallest absolute Gasteiger partial charge is 0.254 e. The minimum atomic E-state index is 0.0427. The van der Waals surface area contributed by atoms with Crippen LogP contribution in [0.15, 0.2) is 48.8 Å². The fourth-order valence-corrected chi connectivity index (χ4v) is 3.94. The van der Waals surface area contributed by atoms with E-state index in [4.69, 9.17) is 16.6 Å². The summed E-state index contributed by atoms with van der Waals surface area (Å²) in [6.45, 7) is 6.59. The Hall–Kier alpha value is -2.50. The molecule has 1 aromatic carbocycles. The molecular weight excluding hydrogens is 372 g/mol. The fourth-order valence-electron chi connectivity index (χ4n) is 3.72. The molecule has 144 valence electrons. The minimum absolute atomic E-state index is 0.0427. The van der Waals surface area contributed by atoms with E-state index in [1.165, 1.54) is 0 Å². The normalized spacial score (nSPS) is 15.1. The van der Waals surface area contributed by atoms with Crippen LogP contribution in [0.4, 0.5) is 0 Å². The van der Waals surface area contributed by atoms with E-state index in [9.17, 15) is 4.79 Å². The Kier molecular flexibility index (Phi) is 5.55. The zero-order valence-electron chi connectivity index (χ0n) is 15.9. The van der Waals surface area contributed by atoms with Gasteiger partial charge in [0.2, 0.25) is 0 Å². The van der Waals surface area contributed by atoms with Gasteiger partial charge in [0.05, 0.1) is 21.8 Å². The van der Waals surface area contributed by atoms with Crippen LogP contribution in [0.2, 0.25) is 5.02 Å². The van der Waals surface area contributed by atoms with Gasteiger partial charge in [-0.25, -0.2) is 4.98 Å². The lowest BCUT2D eigenvalue weighted by atomic mass is 10.0. The Morgan fingerprint density at radius 3 is 2.57 bits per heavy atom. The molecule has 0 spiro atoms. The number of rotatable bonds is 4. The number of amides is 1. The van der Waals surface area contributed by atoms with Crippen molar-refractivity contribution in [2.45, 2.75) is 13.3 Å². The molecular formula is C22H23ClN4O. The van der Waals surface area contributed by atoms with Crippen molar-refractivity contribution in [3.8, 4) is 11.3 Å². The van der Waals surface area contributed by atoms with Crippen LogP contribution in [-0.4, -0.2) is 58.4 Å². The molecule has 0 bridgehead atoms. The molecule has 0 saturated carbocycles. The van der Waals surface area contributed by atoms with Crippen LogP contribution < -0.4 is 0 Å². The number of nitrogens with zero attached hydrogens (tertiary/aromatic N) is 4. The average Bonchev–Trinajstić information content (AvgIpc) is 2.74. The molecule has 1 aliphatic rings. The number of carbonyl (C=O) groups is 1. The maximum atomic E-state index is 13.4. The summed E-state index contributed by atoms with van der Waals surface area (Å²) in [6, 6.07) is 11.3. The zero-order chi connectivity index (χ0) is 19.5. The Bertz CT molecular complexity index is 984. The van der Waals surface area contributed by atoms with Gasteiger partial charge >= 0.3 is 0 Å². The minimum Gasteiger partial charge on any atom is -0.336 e. The lowest BCUT2D eigenvalue weighted by molar-refractivity contribution is 0.0639. The fraction of sp³-hybridized carbons (Fsp3) is 0.318. The average molecular weight is 395 g/mol. The Labute approximate surface area is 170 Å². The number of carbonyl (C=O) groups excluding carboxylic acids is 1. The first-order valence-electron chi connectivity index (χ1n) is 9.68. The highest BCUT2D eigenvalue weighted by atomic mass is 35.5. The molecule has 3 heterocycles. The van der Waals surface area contributed by atoms with Gasteiger partial charge in [0.1, 0.15) is 0 Å². The van der Waals surface area contributed by atoms with Crippen molar-refractivity contribution >= 4 is 28.4 Å². The molecule has 1 fully saturated rings. The largest absolute Gasteiger partial charge is 0.336 e. The molecule has 4 rings (SSSR count). The van der Waals surface area contributed by atoms with Crippen LogP contribution in [0.1, 0.15) is 23.7 Å². The van der Waals surface area contributed by atoms with Crippen molar-refractivity contribution in [2.24, 2.45) is 0 Å². The number of fused-ring (bicyclic) bond motifs is 1. The Balaban J connectivity index is 1.73. The van der Waals surface area contributed by atoms with Gasteiger partial charge < -0.3 is 4.90 Å². The molecule has 28 heavy (non-hydrogen) atoms. The maximum Gasteiger partial charge on any atom is 0.254 e. The van der Waals surface area contributed by atoms with E-state index >= 15 is 0 Å². The second kappa shape index (κ2) is 8.25. The molecule has 6 heteroatoms. The lowest BCUT2D eigenvalue weighted by Gasteiger charge is -2.34. The van der Waals surface area contributed by atoms with Crippen LogP contribution >= 0.6 is 11.6 Å². The molecule has 2 aromatic heterocycles. The van der Waals surface area contributed by atoms with Crippen molar-refractivity contribution < 1.29 is 4.79 Å². The van der Waals surface area contributed by atoms with Gasteiger partial charge in [0, 0.05) is 49.5 Å². The first-order chi connectivity index (χ1) is 13.7. The molecule has 1 saturated heterocycles. The van der Waals surface area contributed by atoms with Gasteiger partial charge in [-0.2, -0.15) is 0 Å². The summed E-state index contributed by atoms with van der Waals surface area (Å²) >= 11 is 6.43. The monoisotopic (exact) mass is 394 g/mol. The molecule has 1 amide bonds. The van der Waals surface area contributed by atoms with E-state index < -0.39 is 0 Å². The number of aromatic nitrogens is 2. The van der Waals surface area contributed by atoms with Crippen LogP contribution in [0.25, 0.3) is 22.2 Å². The topological polar surface area (TPSA) is 49.3 Å². The van der Waals surface area contributed by atoms with E-state index in [1.807, 2.05) is 41.3 Å².